The number of ether oxygens (including phenoxy) is 2. The van der Waals surface area contributed by atoms with Crippen LogP contribution in [0.1, 0.15) is 12.0 Å². The minimum absolute atomic E-state index is 0.00591. The van der Waals surface area contributed by atoms with Crippen LogP contribution in [0.25, 0.3) is 0 Å². The van der Waals surface area contributed by atoms with Crippen molar-refractivity contribution >= 4 is 5.91 Å². The summed E-state index contributed by atoms with van der Waals surface area (Å²) in [7, 11) is 3.28. The number of rotatable bonds is 7. The van der Waals surface area contributed by atoms with E-state index in [2.05, 4.69) is 5.32 Å². The van der Waals surface area contributed by atoms with Crippen molar-refractivity contribution in [2.45, 2.75) is 12.8 Å². The fourth-order valence-electron chi connectivity index (χ4n) is 1.41. The summed E-state index contributed by atoms with van der Waals surface area (Å²) < 4.78 is 10.5. The number of hydrogen-bond acceptors (Lipinski definition) is 3. The Labute approximate surface area is 102 Å². The van der Waals surface area contributed by atoms with Crippen molar-refractivity contribution in [3.8, 4) is 5.75 Å². The molecule has 0 heterocycles. The second-order valence-electron chi connectivity index (χ2n) is 3.64. The minimum Gasteiger partial charge on any atom is -0.497 e. The maximum atomic E-state index is 10.9. The monoisotopic (exact) mass is 237 g/mol. The van der Waals surface area contributed by atoms with Crippen molar-refractivity contribution in [2.75, 3.05) is 27.4 Å². The topological polar surface area (TPSA) is 47.6 Å². The Morgan fingerprint density at radius 2 is 2.18 bits per heavy atom. The smallest absolute Gasteiger partial charge is 0.222 e. The van der Waals surface area contributed by atoms with Crippen LogP contribution in [0, 0.1) is 0 Å². The average Bonchev–Trinajstić information content (AvgIpc) is 2.38. The summed E-state index contributed by atoms with van der Waals surface area (Å²) in [6.07, 6.45) is 1.24. The Bertz CT molecular complexity index is 352. The molecule has 1 amide bonds. The second-order valence-corrected chi connectivity index (χ2v) is 3.64. The Kier molecular flexibility index (Phi) is 6.10. The predicted molar refractivity (Wildman–Crippen MR) is 66.2 cm³/mol. The molecule has 0 unspecified atom stereocenters. The molecular weight excluding hydrogens is 218 g/mol. The molecule has 4 heteroatoms. The van der Waals surface area contributed by atoms with E-state index in [-0.39, 0.29) is 5.91 Å². The number of methoxy groups -OCH3 is 1. The van der Waals surface area contributed by atoms with Crippen LogP contribution in [-0.2, 0) is 16.0 Å². The lowest BCUT2D eigenvalue weighted by Gasteiger charge is -2.05. The van der Waals surface area contributed by atoms with Crippen molar-refractivity contribution in [3.05, 3.63) is 29.8 Å². The summed E-state index contributed by atoms with van der Waals surface area (Å²) in [5.41, 5.74) is 1.17. The van der Waals surface area contributed by atoms with E-state index in [9.17, 15) is 4.79 Å². The van der Waals surface area contributed by atoms with Crippen LogP contribution in [0.15, 0.2) is 24.3 Å². The molecule has 0 spiro atoms. The number of nitrogens with one attached hydrogen (secondary N) is 1. The van der Waals surface area contributed by atoms with Crippen molar-refractivity contribution in [1.82, 2.24) is 5.32 Å². The summed E-state index contributed by atoms with van der Waals surface area (Å²) in [6.45, 7) is 1.08. The van der Waals surface area contributed by atoms with Crippen LogP contribution < -0.4 is 10.1 Å². The number of hydrogen-bond donors (Lipinski definition) is 1. The lowest BCUT2D eigenvalue weighted by Crippen LogP contribution is -2.19. The van der Waals surface area contributed by atoms with E-state index in [1.807, 2.05) is 24.3 Å². The molecule has 0 aliphatic rings. The highest BCUT2D eigenvalue weighted by Gasteiger charge is 1.99. The third-order valence-electron chi connectivity index (χ3n) is 2.42. The van der Waals surface area contributed by atoms with Gasteiger partial charge in [0, 0.05) is 13.5 Å². The fraction of sp³-hybridized carbons (Fsp3) is 0.462. The van der Waals surface area contributed by atoms with Gasteiger partial charge in [0.15, 0.2) is 0 Å². The summed E-state index contributed by atoms with van der Waals surface area (Å²) in [4.78, 5) is 10.9. The third-order valence-corrected chi connectivity index (χ3v) is 2.42. The van der Waals surface area contributed by atoms with Gasteiger partial charge in [-0.3, -0.25) is 4.79 Å². The average molecular weight is 237 g/mol. The SMILES string of the molecule is CNC(=O)CCOCCc1cccc(OC)c1. The standard InChI is InChI=1S/C13H19NO3/c1-14-13(15)7-9-17-8-6-11-4-3-5-12(10-11)16-2/h3-5,10H,6-9H2,1-2H3,(H,14,15). The molecule has 0 aliphatic carbocycles. The van der Waals surface area contributed by atoms with E-state index in [4.69, 9.17) is 9.47 Å². The maximum absolute atomic E-state index is 10.9. The lowest BCUT2D eigenvalue weighted by molar-refractivity contribution is -0.121. The zero-order valence-electron chi connectivity index (χ0n) is 10.4. The first-order valence-corrected chi connectivity index (χ1v) is 5.67. The largest absolute Gasteiger partial charge is 0.497 e. The summed E-state index contributed by atoms with van der Waals surface area (Å²) in [5.74, 6) is 0.860. The summed E-state index contributed by atoms with van der Waals surface area (Å²) in [6, 6.07) is 7.89. The van der Waals surface area contributed by atoms with Crippen LogP contribution in [0.3, 0.4) is 0 Å². The van der Waals surface area contributed by atoms with Gasteiger partial charge in [0.1, 0.15) is 5.75 Å². The molecule has 17 heavy (non-hydrogen) atoms. The minimum atomic E-state index is 0.00591. The van der Waals surface area contributed by atoms with Crippen LogP contribution in [0.2, 0.25) is 0 Å². The highest BCUT2D eigenvalue weighted by Crippen LogP contribution is 2.12. The van der Waals surface area contributed by atoms with Crippen LogP contribution in [0.5, 0.6) is 5.75 Å². The van der Waals surface area contributed by atoms with Gasteiger partial charge in [-0.2, -0.15) is 0 Å². The molecule has 0 aliphatic heterocycles. The number of carbonyl (C=O) groups is 1. The van der Waals surface area contributed by atoms with Crippen LogP contribution in [-0.4, -0.2) is 33.3 Å². The molecule has 4 nitrogen and oxygen atoms in total. The fourth-order valence-corrected chi connectivity index (χ4v) is 1.41. The van der Waals surface area contributed by atoms with E-state index in [0.717, 1.165) is 12.2 Å². The third kappa shape index (κ3) is 5.36. The highest BCUT2D eigenvalue weighted by atomic mass is 16.5. The van der Waals surface area contributed by atoms with Gasteiger partial charge in [0.2, 0.25) is 5.91 Å². The van der Waals surface area contributed by atoms with Crippen molar-refractivity contribution < 1.29 is 14.3 Å². The number of benzene rings is 1. The van der Waals surface area contributed by atoms with Gasteiger partial charge in [-0.05, 0) is 24.1 Å². The van der Waals surface area contributed by atoms with Gasteiger partial charge < -0.3 is 14.8 Å². The first-order chi connectivity index (χ1) is 8.26. The molecule has 0 radical (unpaired) electrons. The summed E-state index contributed by atoms with van der Waals surface area (Å²) in [5, 5.41) is 2.55. The zero-order valence-corrected chi connectivity index (χ0v) is 10.4. The molecule has 94 valence electrons. The molecule has 0 saturated carbocycles. The molecule has 1 aromatic carbocycles. The first-order valence-electron chi connectivity index (χ1n) is 5.67. The van der Waals surface area contributed by atoms with Gasteiger partial charge in [0.25, 0.3) is 0 Å². The van der Waals surface area contributed by atoms with E-state index < -0.39 is 0 Å². The lowest BCUT2D eigenvalue weighted by atomic mass is 10.1. The van der Waals surface area contributed by atoms with Gasteiger partial charge in [-0.1, -0.05) is 12.1 Å². The van der Waals surface area contributed by atoms with Crippen molar-refractivity contribution in [3.63, 3.8) is 0 Å². The molecule has 0 saturated heterocycles. The molecule has 1 N–H and O–H groups in total. The van der Waals surface area contributed by atoms with E-state index in [1.54, 1.807) is 14.2 Å². The Hall–Kier alpha value is -1.55. The molecule has 0 aromatic heterocycles. The Balaban J connectivity index is 2.19. The molecule has 1 aromatic rings. The Morgan fingerprint density at radius 1 is 1.35 bits per heavy atom. The van der Waals surface area contributed by atoms with E-state index >= 15 is 0 Å². The van der Waals surface area contributed by atoms with Gasteiger partial charge in [-0.25, -0.2) is 0 Å². The quantitative estimate of drug-likeness (QED) is 0.729. The van der Waals surface area contributed by atoms with Crippen LogP contribution >= 0.6 is 0 Å². The van der Waals surface area contributed by atoms with E-state index in [1.165, 1.54) is 5.56 Å². The van der Waals surface area contributed by atoms with Gasteiger partial charge in [-0.15, -0.1) is 0 Å². The number of amides is 1. The molecule has 0 fully saturated rings. The van der Waals surface area contributed by atoms with Gasteiger partial charge >= 0.3 is 0 Å². The van der Waals surface area contributed by atoms with Gasteiger partial charge in [0.05, 0.1) is 20.3 Å². The first kappa shape index (κ1) is 13.5. The number of carbonyl (C=O) groups excluding carboxylic acids is 1. The normalized spacial score (nSPS) is 10.0. The predicted octanol–water partition coefficient (Wildman–Crippen LogP) is 1.39. The molecular formula is C13H19NO3. The van der Waals surface area contributed by atoms with Crippen molar-refractivity contribution in [2.24, 2.45) is 0 Å². The van der Waals surface area contributed by atoms with Crippen LogP contribution in [0.4, 0.5) is 0 Å². The zero-order chi connectivity index (χ0) is 12.5. The maximum Gasteiger partial charge on any atom is 0.222 e. The van der Waals surface area contributed by atoms with Crippen molar-refractivity contribution in [1.29, 1.82) is 0 Å². The highest BCUT2D eigenvalue weighted by molar-refractivity contribution is 5.75. The Morgan fingerprint density at radius 3 is 2.88 bits per heavy atom. The summed E-state index contributed by atoms with van der Waals surface area (Å²) >= 11 is 0. The molecule has 1 rings (SSSR count). The molecule has 0 bridgehead atoms. The second kappa shape index (κ2) is 7.68. The molecule has 0 atom stereocenters. The van der Waals surface area contributed by atoms with E-state index in [0.29, 0.717) is 19.6 Å².